The number of amides is 1. The molecular formula is C17H13ClN4O2. The van der Waals surface area contributed by atoms with Gasteiger partial charge in [0.05, 0.1) is 5.92 Å². The highest BCUT2D eigenvalue weighted by Gasteiger charge is 2.35. The predicted octanol–water partition coefficient (Wildman–Crippen LogP) is 3.31. The van der Waals surface area contributed by atoms with E-state index in [-0.39, 0.29) is 11.8 Å². The Labute approximate surface area is 143 Å². The van der Waals surface area contributed by atoms with Crippen LogP contribution in [0.5, 0.6) is 0 Å². The summed E-state index contributed by atoms with van der Waals surface area (Å²) in [4.78, 5) is 22.6. The summed E-state index contributed by atoms with van der Waals surface area (Å²) in [6.45, 7) is 0.504. The number of anilines is 1. The first kappa shape index (κ1) is 14.8. The molecule has 0 spiro atoms. The number of carbonyl (C=O) groups excluding carboxylic acids is 1. The lowest BCUT2D eigenvalue weighted by molar-refractivity contribution is -0.117. The minimum Gasteiger partial charge on any atom is -0.339 e. The van der Waals surface area contributed by atoms with Crippen LogP contribution in [0.15, 0.2) is 53.2 Å². The first-order chi connectivity index (χ1) is 11.7. The molecule has 0 saturated carbocycles. The summed E-state index contributed by atoms with van der Waals surface area (Å²) < 4.78 is 5.35. The molecule has 2 aromatic heterocycles. The van der Waals surface area contributed by atoms with Crippen LogP contribution < -0.4 is 4.90 Å². The molecule has 24 heavy (non-hydrogen) atoms. The predicted molar refractivity (Wildman–Crippen MR) is 88.7 cm³/mol. The van der Waals surface area contributed by atoms with Gasteiger partial charge in [0.2, 0.25) is 17.6 Å². The summed E-state index contributed by atoms with van der Waals surface area (Å²) in [6, 6.07) is 12.7. The van der Waals surface area contributed by atoms with Crippen LogP contribution in [0.25, 0.3) is 11.5 Å². The van der Waals surface area contributed by atoms with E-state index in [2.05, 4.69) is 15.1 Å². The maximum Gasteiger partial charge on any atom is 0.232 e. The average Bonchev–Trinajstić information content (AvgIpc) is 3.23. The van der Waals surface area contributed by atoms with Crippen LogP contribution in [0.3, 0.4) is 0 Å². The standard InChI is InChI=1S/C17H13ClN4O2/c18-12-4-6-13(7-5-12)22-10-11(9-15(22)23)17-20-16(21-24-17)14-3-1-2-8-19-14/h1-8,11H,9-10H2/t11-/m1/s1. The van der Waals surface area contributed by atoms with E-state index < -0.39 is 0 Å². The lowest BCUT2D eigenvalue weighted by Gasteiger charge is -2.15. The first-order valence-corrected chi connectivity index (χ1v) is 7.89. The number of hydrogen-bond donors (Lipinski definition) is 0. The minimum absolute atomic E-state index is 0.0277. The van der Waals surface area contributed by atoms with Gasteiger partial charge in [-0.15, -0.1) is 0 Å². The molecular weight excluding hydrogens is 328 g/mol. The molecule has 1 aromatic carbocycles. The highest BCUT2D eigenvalue weighted by atomic mass is 35.5. The van der Waals surface area contributed by atoms with Gasteiger partial charge in [-0.25, -0.2) is 0 Å². The van der Waals surface area contributed by atoms with Crippen LogP contribution in [0.1, 0.15) is 18.2 Å². The molecule has 1 aliphatic rings. The van der Waals surface area contributed by atoms with Crippen molar-refractivity contribution < 1.29 is 9.32 Å². The summed E-state index contributed by atoms with van der Waals surface area (Å²) in [5.41, 5.74) is 1.46. The quantitative estimate of drug-likeness (QED) is 0.731. The smallest absolute Gasteiger partial charge is 0.232 e. The lowest BCUT2D eigenvalue weighted by atomic mass is 10.1. The van der Waals surface area contributed by atoms with Crippen LogP contribution >= 0.6 is 11.6 Å². The molecule has 3 heterocycles. The summed E-state index contributed by atoms with van der Waals surface area (Å²) >= 11 is 5.90. The maximum atomic E-state index is 12.3. The summed E-state index contributed by atoms with van der Waals surface area (Å²) in [5.74, 6) is 0.793. The van der Waals surface area contributed by atoms with Crippen LogP contribution in [0.2, 0.25) is 5.02 Å². The van der Waals surface area contributed by atoms with Gasteiger partial charge < -0.3 is 9.42 Å². The zero-order valence-electron chi connectivity index (χ0n) is 12.6. The van der Waals surface area contributed by atoms with Crippen molar-refractivity contribution in [1.29, 1.82) is 0 Å². The van der Waals surface area contributed by atoms with E-state index in [9.17, 15) is 4.79 Å². The molecule has 1 aliphatic heterocycles. The summed E-state index contributed by atoms with van der Waals surface area (Å²) in [7, 11) is 0. The second kappa shape index (κ2) is 6.05. The third-order valence-electron chi connectivity index (χ3n) is 3.95. The van der Waals surface area contributed by atoms with Gasteiger partial charge in [-0.3, -0.25) is 9.78 Å². The van der Waals surface area contributed by atoms with Crippen molar-refractivity contribution in [1.82, 2.24) is 15.1 Å². The largest absolute Gasteiger partial charge is 0.339 e. The van der Waals surface area contributed by atoms with Crippen LogP contribution in [0, 0.1) is 0 Å². The number of aromatic nitrogens is 3. The molecule has 7 heteroatoms. The Morgan fingerprint density at radius 1 is 1.17 bits per heavy atom. The lowest BCUT2D eigenvalue weighted by Crippen LogP contribution is -2.24. The number of halogens is 1. The van der Waals surface area contributed by atoms with E-state index in [1.807, 2.05) is 30.3 Å². The van der Waals surface area contributed by atoms with Gasteiger partial charge >= 0.3 is 0 Å². The minimum atomic E-state index is -0.127. The molecule has 1 saturated heterocycles. The molecule has 1 atom stereocenters. The molecule has 1 amide bonds. The molecule has 0 bridgehead atoms. The Morgan fingerprint density at radius 2 is 2.00 bits per heavy atom. The van der Waals surface area contributed by atoms with Crippen molar-refractivity contribution in [3.05, 3.63) is 59.6 Å². The SMILES string of the molecule is O=C1C[C@@H](c2nc(-c3ccccn3)no2)CN1c1ccc(Cl)cc1. The average molecular weight is 341 g/mol. The molecule has 4 rings (SSSR count). The van der Waals surface area contributed by atoms with Gasteiger partial charge in [0, 0.05) is 29.9 Å². The van der Waals surface area contributed by atoms with Gasteiger partial charge in [0.15, 0.2) is 0 Å². The van der Waals surface area contributed by atoms with E-state index >= 15 is 0 Å². The molecule has 0 aliphatic carbocycles. The highest BCUT2D eigenvalue weighted by Crippen LogP contribution is 2.32. The molecule has 6 nitrogen and oxygen atoms in total. The highest BCUT2D eigenvalue weighted by molar-refractivity contribution is 6.30. The number of nitrogens with zero attached hydrogens (tertiary/aromatic N) is 4. The van der Waals surface area contributed by atoms with Crippen LogP contribution in [-0.4, -0.2) is 27.6 Å². The molecule has 1 fully saturated rings. The third kappa shape index (κ3) is 2.76. The zero-order chi connectivity index (χ0) is 16.5. The Hall–Kier alpha value is -2.73. The monoisotopic (exact) mass is 340 g/mol. The van der Waals surface area contributed by atoms with E-state index in [0.29, 0.717) is 35.4 Å². The number of carbonyl (C=O) groups is 1. The van der Waals surface area contributed by atoms with Crippen molar-refractivity contribution in [3.63, 3.8) is 0 Å². The first-order valence-electron chi connectivity index (χ1n) is 7.51. The molecule has 0 unspecified atom stereocenters. The van der Waals surface area contributed by atoms with Gasteiger partial charge in [0.1, 0.15) is 5.69 Å². The van der Waals surface area contributed by atoms with Crippen LogP contribution in [0.4, 0.5) is 5.69 Å². The maximum absolute atomic E-state index is 12.3. The van der Waals surface area contributed by atoms with Gasteiger partial charge in [0.25, 0.3) is 0 Å². The number of benzene rings is 1. The Bertz CT molecular complexity index is 864. The van der Waals surface area contributed by atoms with Gasteiger partial charge in [-0.1, -0.05) is 22.8 Å². The van der Waals surface area contributed by atoms with Gasteiger partial charge in [-0.2, -0.15) is 4.98 Å². The number of pyridine rings is 1. The van der Waals surface area contributed by atoms with Crippen LogP contribution in [-0.2, 0) is 4.79 Å². The number of hydrogen-bond acceptors (Lipinski definition) is 5. The fraction of sp³-hybridized carbons (Fsp3) is 0.176. The van der Waals surface area contributed by atoms with E-state index in [1.165, 1.54) is 0 Å². The molecule has 0 radical (unpaired) electrons. The van der Waals surface area contributed by atoms with E-state index in [0.717, 1.165) is 5.69 Å². The zero-order valence-corrected chi connectivity index (χ0v) is 13.3. The summed E-state index contributed by atoms with van der Waals surface area (Å²) in [6.07, 6.45) is 2.01. The van der Waals surface area contributed by atoms with Crippen molar-refractivity contribution in [2.24, 2.45) is 0 Å². The van der Waals surface area contributed by atoms with Crippen molar-refractivity contribution in [2.75, 3.05) is 11.4 Å². The fourth-order valence-electron chi connectivity index (χ4n) is 2.74. The molecule has 3 aromatic rings. The Kier molecular flexibility index (Phi) is 3.74. The van der Waals surface area contributed by atoms with Gasteiger partial charge in [-0.05, 0) is 36.4 Å². The Morgan fingerprint density at radius 3 is 2.75 bits per heavy atom. The third-order valence-corrected chi connectivity index (χ3v) is 4.20. The summed E-state index contributed by atoms with van der Waals surface area (Å²) in [5, 5.41) is 4.61. The number of rotatable bonds is 3. The van der Waals surface area contributed by atoms with Crippen molar-refractivity contribution in [3.8, 4) is 11.5 Å². The fourth-order valence-corrected chi connectivity index (χ4v) is 2.87. The normalized spacial score (nSPS) is 17.5. The molecule has 120 valence electrons. The molecule has 0 N–H and O–H groups in total. The second-order valence-corrected chi connectivity index (χ2v) is 5.99. The topological polar surface area (TPSA) is 72.1 Å². The van der Waals surface area contributed by atoms with E-state index in [1.54, 1.807) is 23.2 Å². The van der Waals surface area contributed by atoms with Crippen molar-refractivity contribution in [2.45, 2.75) is 12.3 Å². The second-order valence-electron chi connectivity index (χ2n) is 5.55. The Balaban J connectivity index is 1.55. The van der Waals surface area contributed by atoms with E-state index in [4.69, 9.17) is 16.1 Å². The van der Waals surface area contributed by atoms with Crippen molar-refractivity contribution >= 4 is 23.2 Å².